The van der Waals surface area contributed by atoms with Crippen molar-refractivity contribution < 1.29 is 13.2 Å². The molecule has 4 rings (SSSR count). The van der Waals surface area contributed by atoms with Crippen molar-refractivity contribution in [1.82, 2.24) is 19.9 Å². The summed E-state index contributed by atoms with van der Waals surface area (Å²) in [5.41, 5.74) is 1.09. The van der Waals surface area contributed by atoms with Crippen molar-refractivity contribution in [3.8, 4) is 11.3 Å². The molecule has 1 aliphatic heterocycles. The van der Waals surface area contributed by atoms with Gasteiger partial charge in [-0.15, -0.1) is 5.10 Å². The van der Waals surface area contributed by atoms with Gasteiger partial charge in [-0.05, 0) is 31.5 Å². The molecule has 0 radical (unpaired) electrons. The number of aromatic nitrogens is 3. The summed E-state index contributed by atoms with van der Waals surface area (Å²) in [5.74, 6) is 0. The molecular weight excluding hydrogens is 403 g/mol. The van der Waals surface area contributed by atoms with Crippen molar-refractivity contribution in [3.63, 3.8) is 0 Å². The summed E-state index contributed by atoms with van der Waals surface area (Å²) in [6, 6.07) is 15.9. The van der Waals surface area contributed by atoms with E-state index in [1.807, 2.05) is 13.0 Å². The molecule has 0 aliphatic carbocycles. The average molecular weight is 429 g/mol. The van der Waals surface area contributed by atoms with E-state index in [0.717, 1.165) is 45.2 Å². The number of nitrogens with zero attached hydrogens (tertiary/aromatic N) is 5. The highest BCUT2D eigenvalue weighted by Crippen LogP contribution is 2.37. The number of alkyl halides is 3. The summed E-state index contributed by atoms with van der Waals surface area (Å²) in [4.78, 5) is 4.78. The van der Waals surface area contributed by atoms with E-state index in [1.165, 1.54) is 24.0 Å². The quantitative estimate of drug-likeness (QED) is 0.567. The van der Waals surface area contributed by atoms with Gasteiger partial charge in [-0.1, -0.05) is 41.6 Å². The van der Waals surface area contributed by atoms with Gasteiger partial charge in [0.2, 0.25) is 0 Å². The predicted molar refractivity (Wildman–Crippen MR) is 115 cm³/mol. The predicted octanol–water partition coefficient (Wildman–Crippen LogP) is 4.74. The Hall–Kier alpha value is -2.87. The molecule has 0 saturated carbocycles. The van der Waals surface area contributed by atoms with Crippen LogP contribution in [-0.2, 0) is 6.18 Å². The maximum Gasteiger partial charge on any atom is 0.417 e. The number of para-hydroxylation sites is 1. The van der Waals surface area contributed by atoms with Crippen molar-refractivity contribution in [2.45, 2.75) is 25.6 Å². The smallest absolute Gasteiger partial charge is 0.369 e. The molecule has 5 nitrogen and oxygen atoms in total. The molecule has 164 valence electrons. The molecule has 1 aliphatic rings. The summed E-state index contributed by atoms with van der Waals surface area (Å²) in [5, 5.41) is 8.01. The molecule has 0 bridgehead atoms. The standard InChI is InChI=1S/C23H26F3N5/c1-18(11-12-29-13-15-30(16-14-29)19-7-3-2-4-8-19)31-22(17-27-28-31)20-9-5-6-10-21(20)23(24,25)26/h2-10,17-18H,11-16H2,1H3. The lowest BCUT2D eigenvalue weighted by Crippen LogP contribution is -2.46. The lowest BCUT2D eigenvalue weighted by molar-refractivity contribution is -0.137. The van der Waals surface area contributed by atoms with Crippen LogP contribution >= 0.6 is 0 Å². The maximum atomic E-state index is 13.5. The van der Waals surface area contributed by atoms with Crippen molar-refractivity contribution in [2.24, 2.45) is 0 Å². The Bertz CT molecular complexity index is 978. The summed E-state index contributed by atoms with van der Waals surface area (Å²) < 4.78 is 42.0. The molecule has 8 heteroatoms. The number of halogens is 3. The van der Waals surface area contributed by atoms with Crippen molar-refractivity contribution >= 4 is 5.69 Å². The number of rotatable bonds is 6. The zero-order valence-corrected chi connectivity index (χ0v) is 17.5. The zero-order chi connectivity index (χ0) is 21.8. The fraction of sp³-hybridized carbons (Fsp3) is 0.391. The van der Waals surface area contributed by atoms with Gasteiger partial charge in [-0.25, -0.2) is 4.68 Å². The fourth-order valence-electron chi connectivity index (χ4n) is 4.08. The molecule has 1 unspecified atom stereocenters. The van der Waals surface area contributed by atoms with Crippen molar-refractivity contribution in [2.75, 3.05) is 37.6 Å². The van der Waals surface area contributed by atoms with Gasteiger partial charge in [0.25, 0.3) is 0 Å². The first-order valence-electron chi connectivity index (χ1n) is 10.5. The van der Waals surface area contributed by atoms with Crippen molar-refractivity contribution in [1.29, 1.82) is 0 Å². The Morgan fingerprint density at radius 3 is 2.32 bits per heavy atom. The van der Waals surface area contributed by atoms with E-state index in [9.17, 15) is 13.2 Å². The van der Waals surface area contributed by atoms with E-state index >= 15 is 0 Å². The van der Waals surface area contributed by atoms with Gasteiger partial charge in [0.05, 0.1) is 23.5 Å². The van der Waals surface area contributed by atoms with Crippen LogP contribution in [0.2, 0.25) is 0 Å². The summed E-state index contributed by atoms with van der Waals surface area (Å²) in [6.45, 7) is 6.70. The largest absolute Gasteiger partial charge is 0.417 e. The lowest BCUT2D eigenvalue weighted by atomic mass is 10.0. The molecule has 0 N–H and O–H groups in total. The first-order chi connectivity index (χ1) is 14.9. The highest BCUT2D eigenvalue weighted by atomic mass is 19.4. The molecular formula is C23H26F3N5. The SMILES string of the molecule is CC(CCN1CCN(c2ccccc2)CC1)n1nncc1-c1ccccc1C(F)(F)F. The van der Waals surface area contributed by atoms with Gasteiger partial charge in [0.1, 0.15) is 0 Å². The van der Waals surface area contributed by atoms with Crippen LogP contribution in [0.5, 0.6) is 0 Å². The summed E-state index contributed by atoms with van der Waals surface area (Å²) in [6.07, 6.45) is -2.22. The monoisotopic (exact) mass is 429 g/mol. The van der Waals surface area contributed by atoms with E-state index in [4.69, 9.17) is 0 Å². The third kappa shape index (κ3) is 4.90. The van der Waals surface area contributed by atoms with Crippen LogP contribution in [-0.4, -0.2) is 52.6 Å². The van der Waals surface area contributed by atoms with Crippen LogP contribution in [0.15, 0.2) is 60.8 Å². The third-order valence-corrected chi connectivity index (χ3v) is 5.86. The van der Waals surface area contributed by atoms with Gasteiger partial charge in [-0.2, -0.15) is 13.2 Å². The minimum atomic E-state index is -4.42. The molecule has 1 saturated heterocycles. The van der Waals surface area contributed by atoms with E-state index in [2.05, 4.69) is 44.4 Å². The molecule has 2 heterocycles. The Kier molecular flexibility index (Phi) is 6.27. The Balaban J connectivity index is 1.38. The van der Waals surface area contributed by atoms with Crippen LogP contribution in [0.4, 0.5) is 18.9 Å². The molecule has 0 spiro atoms. The van der Waals surface area contributed by atoms with E-state index in [-0.39, 0.29) is 11.6 Å². The second-order valence-corrected chi connectivity index (χ2v) is 7.91. The first-order valence-corrected chi connectivity index (χ1v) is 10.5. The number of hydrogen-bond acceptors (Lipinski definition) is 4. The minimum Gasteiger partial charge on any atom is -0.369 e. The van der Waals surface area contributed by atoms with Gasteiger partial charge in [-0.3, -0.25) is 4.90 Å². The van der Waals surface area contributed by atoms with E-state index in [1.54, 1.807) is 10.7 Å². The number of anilines is 1. The third-order valence-electron chi connectivity index (χ3n) is 5.86. The van der Waals surface area contributed by atoms with Crippen LogP contribution in [0, 0.1) is 0 Å². The van der Waals surface area contributed by atoms with Crippen LogP contribution in [0.25, 0.3) is 11.3 Å². The molecule has 1 fully saturated rings. The highest BCUT2D eigenvalue weighted by molar-refractivity contribution is 5.64. The number of hydrogen-bond donors (Lipinski definition) is 0. The second-order valence-electron chi connectivity index (χ2n) is 7.91. The molecule has 0 amide bonds. The molecule has 1 atom stereocenters. The van der Waals surface area contributed by atoms with Gasteiger partial charge in [0, 0.05) is 44.0 Å². The molecule has 31 heavy (non-hydrogen) atoms. The van der Waals surface area contributed by atoms with E-state index in [0.29, 0.717) is 5.69 Å². The van der Waals surface area contributed by atoms with Crippen LogP contribution in [0.1, 0.15) is 24.9 Å². The average Bonchev–Trinajstić information content (AvgIpc) is 3.28. The number of piperazine rings is 1. The van der Waals surface area contributed by atoms with Crippen molar-refractivity contribution in [3.05, 3.63) is 66.4 Å². The summed E-state index contributed by atoms with van der Waals surface area (Å²) in [7, 11) is 0. The normalized spacial score (nSPS) is 16.5. The Morgan fingerprint density at radius 1 is 0.935 bits per heavy atom. The second kappa shape index (κ2) is 9.09. The lowest BCUT2D eigenvalue weighted by Gasteiger charge is -2.36. The highest BCUT2D eigenvalue weighted by Gasteiger charge is 2.34. The number of benzene rings is 2. The van der Waals surface area contributed by atoms with Gasteiger partial charge >= 0.3 is 6.18 Å². The topological polar surface area (TPSA) is 37.2 Å². The molecule has 2 aromatic carbocycles. The Labute approximate surface area is 180 Å². The maximum absolute atomic E-state index is 13.5. The Morgan fingerprint density at radius 2 is 1.61 bits per heavy atom. The van der Waals surface area contributed by atoms with Crippen LogP contribution < -0.4 is 4.90 Å². The first kappa shape index (κ1) is 21.4. The van der Waals surface area contributed by atoms with E-state index < -0.39 is 11.7 Å². The van der Waals surface area contributed by atoms with Crippen LogP contribution in [0.3, 0.4) is 0 Å². The van der Waals surface area contributed by atoms with Gasteiger partial charge < -0.3 is 4.90 Å². The minimum absolute atomic E-state index is 0.0639. The zero-order valence-electron chi connectivity index (χ0n) is 17.5. The van der Waals surface area contributed by atoms with Gasteiger partial charge in [0.15, 0.2) is 0 Å². The molecule has 3 aromatic rings. The molecule has 1 aromatic heterocycles. The fourth-order valence-corrected chi connectivity index (χ4v) is 4.08. The summed E-state index contributed by atoms with van der Waals surface area (Å²) >= 11 is 0.